The standard InChI is InChI=1S/C21H25FN2O2/c1-4-17-10-7-8-15(2)21(17)23-20(26)14-24(16(3)25)13-12-18-9-5-6-11-19(18)22/h5-11H,4,12-14H2,1-3H3,(H,23,26). The van der Waals surface area contributed by atoms with Gasteiger partial charge in [-0.05, 0) is 42.5 Å². The number of nitrogens with zero attached hydrogens (tertiary/aromatic N) is 1. The van der Waals surface area contributed by atoms with Crippen LogP contribution < -0.4 is 5.32 Å². The van der Waals surface area contributed by atoms with Gasteiger partial charge in [0.05, 0.1) is 6.54 Å². The zero-order chi connectivity index (χ0) is 19.1. The third-order valence-electron chi connectivity index (χ3n) is 4.39. The smallest absolute Gasteiger partial charge is 0.244 e. The normalized spacial score (nSPS) is 10.5. The van der Waals surface area contributed by atoms with Crippen LogP contribution in [0.3, 0.4) is 0 Å². The summed E-state index contributed by atoms with van der Waals surface area (Å²) in [5, 5.41) is 2.92. The van der Waals surface area contributed by atoms with Crippen molar-refractivity contribution in [1.82, 2.24) is 4.90 Å². The van der Waals surface area contributed by atoms with Crippen molar-refractivity contribution in [3.63, 3.8) is 0 Å². The molecule has 0 saturated heterocycles. The average molecular weight is 356 g/mol. The quantitative estimate of drug-likeness (QED) is 0.822. The van der Waals surface area contributed by atoms with Gasteiger partial charge >= 0.3 is 0 Å². The SMILES string of the molecule is CCc1cccc(C)c1NC(=O)CN(CCc1ccccc1F)C(C)=O. The minimum atomic E-state index is -0.298. The Labute approximate surface area is 154 Å². The molecular formula is C21H25FN2O2. The molecule has 0 aliphatic rings. The predicted octanol–water partition coefficient (Wildman–Crippen LogP) is 3.73. The van der Waals surface area contributed by atoms with Gasteiger partial charge in [-0.1, -0.05) is 43.3 Å². The molecule has 0 unspecified atom stereocenters. The van der Waals surface area contributed by atoms with Crippen LogP contribution in [0, 0.1) is 12.7 Å². The second-order valence-corrected chi connectivity index (χ2v) is 6.29. The number of amides is 2. The van der Waals surface area contributed by atoms with Gasteiger partial charge in [-0.3, -0.25) is 9.59 Å². The van der Waals surface area contributed by atoms with Gasteiger partial charge in [0.15, 0.2) is 0 Å². The third-order valence-corrected chi connectivity index (χ3v) is 4.39. The van der Waals surface area contributed by atoms with Crippen molar-refractivity contribution < 1.29 is 14.0 Å². The van der Waals surface area contributed by atoms with Crippen LogP contribution in [0.15, 0.2) is 42.5 Å². The Bertz CT molecular complexity index is 789. The summed E-state index contributed by atoms with van der Waals surface area (Å²) in [6.45, 7) is 5.62. The van der Waals surface area contributed by atoms with E-state index < -0.39 is 0 Å². The number of carbonyl (C=O) groups excluding carboxylic acids is 2. The Hall–Kier alpha value is -2.69. The predicted molar refractivity (Wildman–Crippen MR) is 102 cm³/mol. The highest BCUT2D eigenvalue weighted by atomic mass is 19.1. The fourth-order valence-electron chi connectivity index (χ4n) is 2.86. The van der Waals surface area contributed by atoms with Crippen molar-refractivity contribution >= 4 is 17.5 Å². The Morgan fingerprint density at radius 3 is 2.42 bits per heavy atom. The fraction of sp³-hybridized carbons (Fsp3) is 0.333. The molecule has 0 fully saturated rings. The van der Waals surface area contributed by atoms with Crippen LogP contribution in [0.1, 0.15) is 30.5 Å². The molecule has 4 nitrogen and oxygen atoms in total. The van der Waals surface area contributed by atoms with Crippen molar-refractivity contribution in [2.45, 2.75) is 33.6 Å². The van der Waals surface area contributed by atoms with E-state index in [0.717, 1.165) is 23.2 Å². The van der Waals surface area contributed by atoms with E-state index in [1.165, 1.54) is 17.9 Å². The van der Waals surface area contributed by atoms with Crippen molar-refractivity contribution in [2.24, 2.45) is 0 Å². The lowest BCUT2D eigenvalue weighted by Crippen LogP contribution is -2.38. The molecule has 5 heteroatoms. The highest BCUT2D eigenvalue weighted by Crippen LogP contribution is 2.21. The Balaban J connectivity index is 2.02. The monoisotopic (exact) mass is 356 g/mol. The number of anilines is 1. The van der Waals surface area contributed by atoms with E-state index in [1.54, 1.807) is 18.2 Å². The summed E-state index contributed by atoms with van der Waals surface area (Å²) in [7, 11) is 0. The Morgan fingerprint density at radius 2 is 1.77 bits per heavy atom. The van der Waals surface area contributed by atoms with E-state index in [4.69, 9.17) is 0 Å². The van der Waals surface area contributed by atoms with Gasteiger partial charge < -0.3 is 10.2 Å². The molecule has 0 saturated carbocycles. The number of benzene rings is 2. The van der Waals surface area contributed by atoms with Crippen molar-refractivity contribution in [2.75, 3.05) is 18.4 Å². The molecule has 0 spiro atoms. The van der Waals surface area contributed by atoms with Gasteiger partial charge in [-0.25, -0.2) is 4.39 Å². The van der Waals surface area contributed by atoms with Crippen LogP contribution in [0.2, 0.25) is 0 Å². The number of aryl methyl sites for hydroxylation is 2. The zero-order valence-corrected chi connectivity index (χ0v) is 15.5. The number of hydrogen-bond acceptors (Lipinski definition) is 2. The topological polar surface area (TPSA) is 49.4 Å². The van der Waals surface area contributed by atoms with Crippen LogP contribution >= 0.6 is 0 Å². The molecule has 0 aromatic heterocycles. The molecule has 0 aliphatic heterocycles. The molecule has 2 rings (SSSR count). The van der Waals surface area contributed by atoms with Gasteiger partial charge in [0.25, 0.3) is 0 Å². The summed E-state index contributed by atoms with van der Waals surface area (Å²) in [5.74, 6) is -0.761. The van der Waals surface area contributed by atoms with Crippen molar-refractivity contribution in [1.29, 1.82) is 0 Å². The molecule has 2 aromatic rings. The van der Waals surface area contributed by atoms with E-state index >= 15 is 0 Å². The summed E-state index contributed by atoms with van der Waals surface area (Å²) in [5.41, 5.74) is 3.38. The molecule has 0 radical (unpaired) electrons. The maximum atomic E-state index is 13.7. The largest absolute Gasteiger partial charge is 0.333 e. The van der Waals surface area contributed by atoms with E-state index in [9.17, 15) is 14.0 Å². The first kappa shape index (κ1) is 19.6. The Morgan fingerprint density at radius 1 is 1.08 bits per heavy atom. The maximum Gasteiger partial charge on any atom is 0.244 e. The Kier molecular flexibility index (Phi) is 6.89. The molecule has 0 atom stereocenters. The summed E-state index contributed by atoms with van der Waals surface area (Å²) in [4.78, 5) is 25.8. The lowest BCUT2D eigenvalue weighted by Gasteiger charge is -2.21. The summed E-state index contributed by atoms with van der Waals surface area (Å²) in [6.07, 6.45) is 1.17. The molecule has 2 aromatic carbocycles. The second kappa shape index (κ2) is 9.13. The number of rotatable bonds is 7. The maximum absolute atomic E-state index is 13.7. The molecule has 0 aliphatic carbocycles. The lowest BCUT2D eigenvalue weighted by molar-refractivity contribution is -0.132. The van der Waals surface area contributed by atoms with Crippen molar-refractivity contribution in [3.05, 3.63) is 65.0 Å². The molecule has 2 amide bonds. The zero-order valence-electron chi connectivity index (χ0n) is 15.5. The van der Waals surface area contributed by atoms with Crippen LogP contribution in [-0.4, -0.2) is 29.8 Å². The minimum Gasteiger partial charge on any atom is -0.333 e. The lowest BCUT2D eigenvalue weighted by atomic mass is 10.1. The van der Waals surface area contributed by atoms with Gasteiger partial charge in [0.2, 0.25) is 11.8 Å². The number of para-hydroxylation sites is 1. The molecule has 1 N–H and O–H groups in total. The number of hydrogen-bond donors (Lipinski definition) is 1. The van der Waals surface area contributed by atoms with E-state index in [2.05, 4.69) is 5.32 Å². The molecule has 26 heavy (non-hydrogen) atoms. The van der Waals surface area contributed by atoms with Crippen LogP contribution in [-0.2, 0) is 22.4 Å². The number of nitrogens with one attached hydrogen (secondary N) is 1. The van der Waals surface area contributed by atoms with Gasteiger partial charge in [-0.2, -0.15) is 0 Å². The second-order valence-electron chi connectivity index (χ2n) is 6.29. The van der Waals surface area contributed by atoms with Crippen LogP contribution in [0.5, 0.6) is 0 Å². The van der Waals surface area contributed by atoms with E-state index in [1.807, 2.05) is 32.0 Å². The van der Waals surface area contributed by atoms with Crippen molar-refractivity contribution in [3.8, 4) is 0 Å². The highest BCUT2D eigenvalue weighted by Gasteiger charge is 2.16. The average Bonchev–Trinajstić information content (AvgIpc) is 2.61. The van der Waals surface area contributed by atoms with Gasteiger partial charge in [-0.15, -0.1) is 0 Å². The molecule has 0 heterocycles. The molecular weight excluding hydrogens is 331 g/mol. The fourth-order valence-corrected chi connectivity index (χ4v) is 2.86. The van der Waals surface area contributed by atoms with E-state index in [0.29, 0.717) is 12.0 Å². The van der Waals surface area contributed by atoms with Crippen LogP contribution in [0.4, 0.5) is 10.1 Å². The molecule has 138 valence electrons. The highest BCUT2D eigenvalue weighted by molar-refractivity contribution is 5.95. The van der Waals surface area contributed by atoms with Gasteiger partial charge in [0, 0.05) is 19.2 Å². The van der Waals surface area contributed by atoms with E-state index in [-0.39, 0.29) is 30.7 Å². The van der Waals surface area contributed by atoms with Crippen LogP contribution in [0.25, 0.3) is 0 Å². The first-order chi connectivity index (χ1) is 12.4. The number of halogens is 1. The third kappa shape index (κ3) is 5.15. The minimum absolute atomic E-state index is 0.0543. The summed E-state index contributed by atoms with van der Waals surface area (Å²) in [6, 6.07) is 12.3. The molecule has 0 bridgehead atoms. The first-order valence-corrected chi connectivity index (χ1v) is 8.79. The number of carbonyl (C=O) groups is 2. The summed E-state index contributed by atoms with van der Waals surface area (Å²) >= 11 is 0. The summed E-state index contributed by atoms with van der Waals surface area (Å²) < 4.78 is 13.7. The first-order valence-electron chi connectivity index (χ1n) is 8.79. The van der Waals surface area contributed by atoms with Gasteiger partial charge in [0.1, 0.15) is 5.82 Å².